The van der Waals surface area contributed by atoms with Crippen LogP contribution in [0.4, 0.5) is 5.69 Å². The van der Waals surface area contributed by atoms with E-state index in [2.05, 4.69) is 21.2 Å². The summed E-state index contributed by atoms with van der Waals surface area (Å²) in [6.45, 7) is 5.93. The lowest BCUT2D eigenvalue weighted by Gasteiger charge is -2.34. The molecule has 0 saturated carbocycles. The van der Waals surface area contributed by atoms with Crippen LogP contribution in [0, 0.1) is 12.8 Å². The number of methoxy groups -OCH3 is 1. The quantitative estimate of drug-likeness (QED) is 0.164. The zero-order valence-corrected chi connectivity index (χ0v) is 28.9. The number of carbonyl (C=O) groups is 2. The van der Waals surface area contributed by atoms with Gasteiger partial charge in [-0.25, -0.2) is 8.42 Å². The highest BCUT2D eigenvalue weighted by atomic mass is 79.9. The maximum Gasteiger partial charge on any atom is 0.264 e. The Hall–Kier alpha value is -4.15. The lowest BCUT2D eigenvalue weighted by molar-refractivity contribution is -0.140. The molecule has 0 saturated heterocycles. The second kappa shape index (κ2) is 15.9. The van der Waals surface area contributed by atoms with Crippen molar-refractivity contribution in [3.8, 4) is 5.75 Å². The van der Waals surface area contributed by atoms with Crippen LogP contribution in [0.1, 0.15) is 30.5 Å². The molecular weight excluding hydrogens is 666 g/mol. The minimum absolute atomic E-state index is 0.0151. The van der Waals surface area contributed by atoms with Crippen LogP contribution < -0.4 is 14.4 Å². The lowest BCUT2D eigenvalue weighted by atomic mass is 10.0. The number of hydrogen-bond acceptors (Lipinski definition) is 5. The Morgan fingerprint density at radius 2 is 1.48 bits per heavy atom. The third kappa shape index (κ3) is 8.98. The standard InChI is InChI=1S/C36H40BrN3O5S/c1-26(2)23-38-36(42)33(21-28-11-7-5-8-12-28)39(24-29-13-9-6-10-14-29)35(41)25-40(30-17-15-27(3)16-18-30)46(43,44)31-19-20-34(45-4)32(37)22-31/h5-20,22,26,33H,21,23-25H2,1-4H3,(H,38,42)/t33-/m0/s1. The number of carbonyl (C=O) groups excluding carboxylic acids is 2. The van der Waals surface area contributed by atoms with E-state index in [1.54, 1.807) is 30.3 Å². The first-order valence-corrected chi connectivity index (χ1v) is 17.3. The molecule has 0 aliphatic carbocycles. The molecule has 0 spiro atoms. The van der Waals surface area contributed by atoms with Crippen molar-refractivity contribution in [2.75, 3.05) is 24.5 Å². The van der Waals surface area contributed by atoms with E-state index in [0.717, 1.165) is 21.0 Å². The molecule has 0 fully saturated rings. The number of hydrogen-bond donors (Lipinski definition) is 1. The van der Waals surface area contributed by atoms with Crippen LogP contribution in [0.15, 0.2) is 112 Å². The molecule has 46 heavy (non-hydrogen) atoms. The van der Waals surface area contributed by atoms with E-state index in [1.807, 2.05) is 81.4 Å². The predicted octanol–water partition coefficient (Wildman–Crippen LogP) is 6.37. The lowest BCUT2D eigenvalue weighted by Crippen LogP contribution is -2.53. The minimum atomic E-state index is -4.24. The van der Waals surface area contributed by atoms with Gasteiger partial charge in [0.2, 0.25) is 11.8 Å². The first kappa shape index (κ1) is 34.7. The van der Waals surface area contributed by atoms with Gasteiger partial charge in [-0.1, -0.05) is 92.2 Å². The van der Waals surface area contributed by atoms with Crippen molar-refractivity contribution in [3.63, 3.8) is 0 Å². The normalized spacial score (nSPS) is 12.0. The van der Waals surface area contributed by atoms with Gasteiger partial charge in [-0.05, 0) is 70.2 Å². The first-order valence-electron chi connectivity index (χ1n) is 15.1. The highest BCUT2D eigenvalue weighted by Crippen LogP contribution is 2.31. The highest BCUT2D eigenvalue weighted by Gasteiger charge is 2.35. The fraction of sp³-hybridized carbons (Fsp3) is 0.278. The van der Waals surface area contributed by atoms with Crippen LogP contribution in [0.3, 0.4) is 0 Å². The monoisotopic (exact) mass is 705 g/mol. The molecule has 0 aromatic heterocycles. The molecule has 0 aliphatic heterocycles. The van der Waals surface area contributed by atoms with E-state index in [0.29, 0.717) is 22.5 Å². The number of benzene rings is 4. The van der Waals surface area contributed by atoms with Gasteiger partial charge >= 0.3 is 0 Å². The van der Waals surface area contributed by atoms with E-state index < -0.39 is 28.5 Å². The Labute approximate surface area is 280 Å². The summed E-state index contributed by atoms with van der Waals surface area (Å²) in [5, 5.41) is 3.01. The molecule has 4 rings (SSSR count). The predicted molar refractivity (Wildman–Crippen MR) is 185 cm³/mol. The van der Waals surface area contributed by atoms with Crippen LogP contribution in [0.25, 0.3) is 0 Å². The maximum absolute atomic E-state index is 14.5. The fourth-order valence-electron chi connectivity index (χ4n) is 4.93. The molecule has 1 atom stereocenters. The Balaban J connectivity index is 1.79. The molecule has 2 amide bonds. The third-order valence-electron chi connectivity index (χ3n) is 7.46. The minimum Gasteiger partial charge on any atom is -0.496 e. The average Bonchev–Trinajstić information content (AvgIpc) is 3.05. The summed E-state index contributed by atoms with van der Waals surface area (Å²) in [7, 11) is -2.75. The zero-order chi connectivity index (χ0) is 33.3. The summed E-state index contributed by atoms with van der Waals surface area (Å²) in [6.07, 6.45) is 0.256. The first-order chi connectivity index (χ1) is 22.0. The number of aryl methyl sites for hydroxylation is 1. The van der Waals surface area contributed by atoms with Crippen molar-refractivity contribution in [3.05, 3.63) is 124 Å². The van der Waals surface area contributed by atoms with Crippen molar-refractivity contribution >= 4 is 43.5 Å². The van der Waals surface area contributed by atoms with Crippen LogP contribution >= 0.6 is 15.9 Å². The molecule has 4 aromatic carbocycles. The van der Waals surface area contributed by atoms with Crippen LogP contribution in [0.5, 0.6) is 5.75 Å². The topological polar surface area (TPSA) is 96.0 Å². The molecule has 242 valence electrons. The summed E-state index contributed by atoms with van der Waals surface area (Å²) in [4.78, 5) is 29.9. The van der Waals surface area contributed by atoms with Gasteiger partial charge in [-0.15, -0.1) is 0 Å². The average molecular weight is 707 g/mol. The number of anilines is 1. The Morgan fingerprint density at radius 3 is 2.04 bits per heavy atom. The second-order valence-corrected chi connectivity index (χ2v) is 14.2. The van der Waals surface area contributed by atoms with E-state index in [9.17, 15) is 18.0 Å². The Kier molecular flexibility index (Phi) is 12.0. The molecule has 0 heterocycles. The fourth-order valence-corrected chi connectivity index (χ4v) is 7.06. The molecule has 1 N–H and O–H groups in total. The van der Waals surface area contributed by atoms with Crippen LogP contribution in [-0.4, -0.2) is 51.4 Å². The van der Waals surface area contributed by atoms with Gasteiger partial charge < -0.3 is 15.0 Å². The van der Waals surface area contributed by atoms with Gasteiger partial charge in [0.25, 0.3) is 10.0 Å². The van der Waals surface area contributed by atoms with Crippen molar-refractivity contribution in [1.82, 2.24) is 10.2 Å². The number of halogens is 1. The number of sulfonamides is 1. The Bertz CT molecular complexity index is 1720. The summed E-state index contributed by atoms with van der Waals surface area (Å²) >= 11 is 3.39. The summed E-state index contributed by atoms with van der Waals surface area (Å²) in [5.41, 5.74) is 2.96. The smallest absolute Gasteiger partial charge is 0.264 e. The van der Waals surface area contributed by atoms with E-state index in [1.165, 1.54) is 24.1 Å². The van der Waals surface area contributed by atoms with Gasteiger partial charge in [0.15, 0.2) is 0 Å². The van der Waals surface area contributed by atoms with Crippen LogP contribution in [0.2, 0.25) is 0 Å². The molecule has 4 aromatic rings. The summed E-state index contributed by atoms with van der Waals surface area (Å²) < 4.78 is 35.4. The van der Waals surface area contributed by atoms with E-state index in [4.69, 9.17) is 4.74 Å². The highest BCUT2D eigenvalue weighted by molar-refractivity contribution is 9.10. The van der Waals surface area contributed by atoms with Crippen molar-refractivity contribution in [2.24, 2.45) is 5.92 Å². The van der Waals surface area contributed by atoms with Gasteiger partial charge in [-0.3, -0.25) is 13.9 Å². The van der Waals surface area contributed by atoms with Gasteiger partial charge in [0.05, 0.1) is 22.2 Å². The molecule has 0 bridgehead atoms. The number of nitrogens with zero attached hydrogens (tertiary/aromatic N) is 2. The zero-order valence-electron chi connectivity index (χ0n) is 26.5. The molecule has 8 nitrogen and oxygen atoms in total. The van der Waals surface area contributed by atoms with Crippen molar-refractivity contribution in [2.45, 2.75) is 44.7 Å². The molecule has 0 unspecified atom stereocenters. The number of ether oxygens (including phenoxy) is 1. The molecular formula is C36H40BrN3O5S. The largest absolute Gasteiger partial charge is 0.496 e. The number of rotatable bonds is 14. The van der Waals surface area contributed by atoms with Crippen molar-refractivity contribution < 1.29 is 22.7 Å². The summed E-state index contributed by atoms with van der Waals surface area (Å²) in [6, 6.07) is 29.4. The van der Waals surface area contributed by atoms with Gasteiger partial charge in [0.1, 0.15) is 18.3 Å². The molecule has 0 aliphatic rings. The van der Waals surface area contributed by atoms with E-state index in [-0.39, 0.29) is 29.7 Å². The number of amides is 2. The maximum atomic E-state index is 14.5. The van der Waals surface area contributed by atoms with Gasteiger partial charge in [-0.2, -0.15) is 0 Å². The van der Waals surface area contributed by atoms with Gasteiger partial charge in [0, 0.05) is 19.5 Å². The molecule has 0 radical (unpaired) electrons. The van der Waals surface area contributed by atoms with Crippen LogP contribution in [-0.2, 0) is 32.6 Å². The summed E-state index contributed by atoms with van der Waals surface area (Å²) in [5.74, 6) is -0.139. The van der Waals surface area contributed by atoms with E-state index >= 15 is 0 Å². The molecule has 10 heteroatoms. The third-order valence-corrected chi connectivity index (χ3v) is 9.85. The number of nitrogens with one attached hydrogen (secondary N) is 1. The van der Waals surface area contributed by atoms with Crippen molar-refractivity contribution in [1.29, 1.82) is 0 Å². The Morgan fingerprint density at radius 1 is 0.870 bits per heavy atom. The second-order valence-electron chi connectivity index (χ2n) is 11.5. The SMILES string of the molecule is COc1ccc(S(=O)(=O)N(CC(=O)N(Cc2ccccc2)[C@@H](Cc2ccccc2)C(=O)NCC(C)C)c2ccc(C)cc2)cc1Br.